The van der Waals surface area contributed by atoms with Crippen molar-refractivity contribution in [2.75, 3.05) is 0 Å². The monoisotopic (exact) mass is 726 g/mol. The largest absolute Gasteiger partial charge is 1.00 e. The van der Waals surface area contributed by atoms with Gasteiger partial charge < -0.3 is 2.85 Å². The molecule has 0 atom stereocenters. The van der Waals surface area contributed by atoms with Crippen LogP contribution in [0.2, 0.25) is 26.9 Å². The van der Waals surface area contributed by atoms with Gasteiger partial charge in [0.15, 0.2) is 0 Å². The Morgan fingerprint density at radius 3 is 1.47 bits per heavy atom. The summed E-state index contributed by atoms with van der Waals surface area (Å²) in [5.74, 6) is 0. The zero-order valence-electron chi connectivity index (χ0n) is 15.2. The fourth-order valence-electron chi connectivity index (χ4n) is 2.83. The van der Waals surface area contributed by atoms with Gasteiger partial charge in [-0.05, 0) is 0 Å². The molecule has 2 rings (SSSR count). The van der Waals surface area contributed by atoms with E-state index in [0.29, 0.717) is 0 Å². The number of rotatable bonds is 4. The van der Waals surface area contributed by atoms with Crippen LogP contribution < -0.4 is 0 Å². The molecule has 104 valence electrons. The number of hydrogen-bond donors (Lipinski definition) is 0. The fraction of sp³-hybridized carbons (Fsp3) is 0.500. The van der Waals surface area contributed by atoms with Crippen molar-refractivity contribution >= 4 is 42.3 Å². The summed E-state index contributed by atoms with van der Waals surface area (Å²) in [6, 6.07) is 0. The van der Waals surface area contributed by atoms with E-state index >= 15 is 0 Å². The van der Waals surface area contributed by atoms with Gasteiger partial charge in [-0.25, -0.2) is 0 Å². The van der Waals surface area contributed by atoms with Crippen LogP contribution in [-0.2, 0) is 23.2 Å². The number of allylic oxidation sites excluding steroid dienone is 8. The molecule has 0 aromatic heterocycles. The van der Waals surface area contributed by atoms with E-state index in [-0.39, 0.29) is 2.85 Å². The van der Waals surface area contributed by atoms with E-state index in [0.717, 1.165) is 0 Å². The summed E-state index contributed by atoms with van der Waals surface area (Å²) in [4.78, 5) is 0. The van der Waals surface area contributed by atoms with Crippen LogP contribution in [0.1, 0.15) is 15.7 Å². The van der Waals surface area contributed by atoms with E-state index in [1.54, 1.807) is 0 Å². The molecule has 0 fully saturated rings. The van der Waals surface area contributed by atoms with Crippen LogP contribution >= 0.6 is 0 Å². The Labute approximate surface area is 143 Å². The molecule has 0 bridgehead atoms. The Balaban J connectivity index is 0.00000200. The van der Waals surface area contributed by atoms with E-state index in [9.17, 15) is 0 Å². The molecule has 2 aliphatic rings. The maximum atomic E-state index is 2.59. The van der Waals surface area contributed by atoms with Gasteiger partial charge in [0, 0.05) is 0 Å². The molecule has 0 spiro atoms. The molecule has 3 heteroatoms. The molecule has 0 aromatic rings. The molecule has 0 unspecified atom stereocenters. The third kappa shape index (κ3) is 4.34. The van der Waals surface area contributed by atoms with E-state index in [2.05, 4.69) is 51.2 Å². The predicted octanol–water partition coefficient (Wildman–Crippen LogP) is 5.48. The Bertz CT molecular complexity index is 457. The summed E-state index contributed by atoms with van der Waals surface area (Å²) in [5, 5.41) is 0. The molecule has 0 amide bonds. The molecule has 0 N–H and O–H groups in total. The smallest absolute Gasteiger partial charge is 1.00 e. The van der Waals surface area contributed by atoms with Gasteiger partial charge in [-0.2, -0.15) is 0 Å². The summed E-state index contributed by atoms with van der Waals surface area (Å²) < 4.78 is 23.1. The zero-order chi connectivity index (χ0) is 14.3. The van der Waals surface area contributed by atoms with Gasteiger partial charge in [-0.3, -0.25) is 0 Å². The molecule has 2 aliphatic carbocycles. The summed E-state index contributed by atoms with van der Waals surface area (Å²) in [7, 11) is 0. The van der Waals surface area contributed by atoms with E-state index in [4.69, 9.17) is 0 Å². The molecule has 0 saturated heterocycles. The molecule has 19 heavy (non-hydrogen) atoms. The third-order valence-electron chi connectivity index (χ3n) is 3.78. The summed E-state index contributed by atoms with van der Waals surface area (Å²) in [6.45, 7) is 0. The molecule has 0 aromatic carbocycles. The van der Waals surface area contributed by atoms with Crippen molar-refractivity contribution in [2.24, 2.45) is 0 Å². The molecule has 0 aliphatic heterocycles. The minimum atomic E-state index is -1.99. The Hall–Kier alpha value is 1.69. The van der Waals surface area contributed by atoms with Crippen molar-refractivity contribution in [3.63, 3.8) is 0 Å². The van der Waals surface area contributed by atoms with Crippen LogP contribution in [0, 0.1) is 0 Å². The van der Waals surface area contributed by atoms with Crippen LogP contribution in [0.3, 0.4) is 0 Å². The van der Waals surface area contributed by atoms with Crippen LogP contribution in [0.25, 0.3) is 0 Å². The quantitative estimate of drug-likeness (QED) is 0.338. The van der Waals surface area contributed by atoms with Crippen molar-refractivity contribution in [3.05, 3.63) is 37.1 Å². The molecule has 0 saturated carbocycles. The third-order valence-corrected chi connectivity index (χ3v) is 28.6. The average Bonchev–Trinajstić information content (AvgIpc) is 2.83. The van der Waals surface area contributed by atoms with Gasteiger partial charge in [0.2, 0.25) is 0 Å². The average molecular weight is 726 g/mol. The van der Waals surface area contributed by atoms with Crippen molar-refractivity contribution in [1.29, 1.82) is 0 Å². The van der Waals surface area contributed by atoms with E-state index < -0.39 is 65.6 Å². The second-order valence-electron chi connectivity index (χ2n) is 7.62. The van der Waals surface area contributed by atoms with Crippen molar-refractivity contribution in [1.82, 2.24) is 0 Å². The Morgan fingerprint density at radius 1 is 0.789 bits per heavy atom. The first-order valence-corrected chi connectivity index (χ1v) is 36.9. The topological polar surface area (TPSA) is 0 Å². The molecule has 0 radical (unpaired) electrons. The number of hydrogen-bond acceptors (Lipinski definition) is 0. The van der Waals surface area contributed by atoms with Crippen LogP contribution in [0.4, 0.5) is 0 Å². The fourth-order valence-corrected chi connectivity index (χ4v) is 37.6. The van der Waals surface area contributed by atoms with Gasteiger partial charge in [0.05, 0.1) is 0 Å². The molecular formula is C16H28Pb2Zr. The van der Waals surface area contributed by atoms with Crippen molar-refractivity contribution < 1.29 is 26.1 Å². The van der Waals surface area contributed by atoms with Gasteiger partial charge >= 0.3 is 142 Å². The van der Waals surface area contributed by atoms with Gasteiger partial charge in [-0.15, -0.1) is 0 Å². The summed E-state index contributed by atoms with van der Waals surface area (Å²) in [6.07, 6.45) is 12.5. The SMILES string of the molecule is [CH3][Pb]([CH3])([CH3])[C]1=[C]([Zr+2][C]2=[C]([Pb]([CH3])([CH3])[CH3])C=CC2)CC=C1.[H-].[H-]. The minimum absolute atomic E-state index is 0. The van der Waals surface area contributed by atoms with Crippen LogP contribution in [-0.4, -0.2) is 42.3 Å². The first kappa shape index (κ1) is 17.0. The summed E-state index contributed by atoms with van der Waals surface area (Å²) >= 11 is -4.44. The van der Waals surface area contributed by atoms with Gasteiger partial charge in [-0.1, -0.05) is 0 Å². The first-order valence-electron chi connectivity index (χ1n) is 7.27. The van der Waals surface area contributed by atoms with E-state index in [1.807, 2.05) is 12.8 Å². The standard InChI is InChI=1S/2C5H4.6CH3.2Pb.Zr.2H/c2*1-2-4-5-3-1;;;;;;;;;;;/h2*1-2H,3H2;6*1H3;;;;;/q;;;;;;;;;;+2;2*-1. The Kier molecular flexibility index (Phi) is 5.77. The van der Waals surface area contributed by atoms with E-state index in [1.165, 1.54) is 12.8 Å². The second-order valence-corrected chi connectivity index (χ2v) is 50.4. The van der Waals surface area contributed by atoms with Crippen molar-refractivity contribution in [2.45, 2.75) is 39.7 Å². The van der Waals surface area contributed by atoms with Crippen molar-refractivity contribution in [3.8, 4) is 0 Å². The minimum Gasteiger partial charge on any atom is -1.00 e. The van der Waals surface area contributed by atoms with Crippen LogP contribution in [0.5, 0.6) is 0 Å². The maximum Gasteiger partial charge on any atom is -1.00 e. The molecule has 0 heterocycles. The first-order chi connectivity index (χ1) is 8.69. The predicted molar refractivity (Wildman–Crippen MR) is 90.5 cm³/mol. The normalized spacial score (nSPS) is 19.7. The zero-order valence-corrected chi connectivity index (χ0v) is 23.5. The van der Waals surface area contributed by atoms with Gasteiger partial charge in [0.1, 0.15) is 0 Å². The summed E-state index contributed by atoms with van der Waals surface area (Å²) in [5.41, 5.74) is 0. The van der Waals surface area contributed by atoms with Crippen LogP contribution in [0.15, 0.2) is 37.1 Å². The molecule has 0 nitrogen and oxygen atoms in total. The maximum absolute atomic E-state index is 2.59. The Morgan fingerprint density at radius 2 is 1.16 bits per heavy atom. The molecular weight excluding hydrogens is 698 g/mol. The second kappa shape index (κ2) is 6.43. The van der Waals surface area contributed by atoms with Gasteiger partial charge in [0.25, 0.3) is 0 Å².